The van der Waals surface area contributed by atoms with E-state index in [0.717, 1.165) is 31.2 Å². The maximum Gasteiger partial charge on any atom is 0.290 e. The molecule has 0 spiro atoms. The van der Waals surface area contributed by atoms with Gasteiger partial charge in [0, 0.05) is 11.7 Å². The number of furan rings is 1. The molecule has 1 aliphatic carbocycles. The van der Waals surface area contributed by atoms with Gasteiger partial charge in [0.05, 0.1) is 18.7 Å². The Morgan fingerprint density at radius 1 is 1.21 bits per heavy atom. The van der Waals surface area contributed by atoms with E-state index < -0.39 is 6.04 Å². The minimum Gasteiger partial charge on any atom is -0.459 e. The summed E-state index contributed by atoms with van der Waals surface area (Å²) in [6.45, 7) is 1.94. The quantitative estimate of drug-likeness (QED) is 0.833. The summed E-state index contributed by atoms with van der Waals surface area (Å²) in [6, 6.07) is 9.63. The van der Waals surface area contributed by atoms with Crippen molar-refractivity contribution < 1.29 is 18.8 Å². The minimum atomic E-state index is -0.864. The highest BCUT2D eigenvalue weighted by molar-refractivity contribution is 6.00. The van der Waals surface area contributed by atoms with Crippen molar-refractivity contribution in [2.24, 2.45) is 0 Å². The maximum absolute atomic E-state index is 13.2. The molecule has 0 bridgehead atoms. The summed E-state index contributed by atoms with van der Waals surface area (Å²) < 4.78 is 5.30. The molecule has 1 aromatic heterocycles. The summed E-state index contributed by atoms with van der Waals surface area (Å²) >= 11 is 0. The zero-order valence-corrected chi connectivity index (χ0v) is 16.4. The molecule has 4 rings (SSSR count). The molecular weight excluding hydrogens is 370 g/mol. The second-order valence-electron chi connectivity index (χ2n) is 7.79. The summed E-state index contributed by atoms with van der Waals surface area (Å²) in [5.74, 6) is -0.738. The molecule has 1 saturated carbocycles. The monoisotopic (exact) mass is 395 g/mol. The van der Waals surface area contributed by atoms with E-state index in [9.17, 15) is 14.4 Å². The van der Waals surface area contributed by atoms with Gasteiger partial charge in [0.1, 0.15) is 6.04 Å². The number of piperazine rings is 1. The molecule has 3 atom stereocenters. The third kappa shape index (κ3) is 4.04. The van der Waals surface area contributed by atoms with Crippen LogP contribution in [0.2, 0.25) is 0 Å². The molecular formula is C22H25N3O4. The van der Waals surface area contributed by atoms with Crippen LogP contribution in [0.1, 0.15) is 48.2 Å². The fraction of sp³-hybridized carbons (Fsp3) is 0.409. The van der Waals surface area contributed by atoms with Gasteiger partial charge in [-0.3, -0.25) is 14.4 Å². The van der Waals surface area contributed by atoms with Crippen LogP contribution in [0.3, 0.4) is 0 Å². The predicted molar refractivity (Wildman–Crippen MR) is 107 cm³/mol. The van der Waals surface area contributed by atoms with Crippen molar-refractivity contribution in [1.82, 2.24) is 10.2 Å². The molecule has 1 saturated heterocycles. The molecule has 2 aromatic rings. The molecule has 1 aliphatic heterocycles. The number of rotatable bonds is 4. The fourth-order valence-electron chi connectivity index (χ4n) is 4.37. The molecule has 29 heavy (non-hydrogen) atoms. The maximum atomic E-state index is 13.2. The summed E-state index contributed by atoms with van der Waals surface area (Å²) in [5.41, 5.74) is 1.70. The number of hydrogen-bond donors (Lipinski definition) is 2. The molecule has 7 heteroatoms. The SMILES string of the molecule is Cc1cccc(NC(=O)CC2C(=O)NC3CCCCC3N2C(=O)c2ccco2)c1. The van der Waals surface area contributed by atoms with Crippen molar-refractivity contribution in [2.75, 3.05) is 5.32 Å². The van der Waals surface area contributed by atoms with Crippen molar-refractivity contribution >= 4 is 23.4 Å². The molecule has 2 N–H and O–H groups in total. The van der Waals surface area contributed by atoms with Gasteiger partial charge < -0.3 is 20.0 Å². The van der Waals surface area contributed by atoms with Crippen LogP contribution in [0.25, 0.3) is 0 Å². The van der Waals surface area contributed by atoms with Gasteiger partial charge in [0.15, 0.2) is 5.76 Å². The van der Waals surface area contributed by atoms with Gasteiger partial charge in [-0.15, -0.1) is 0 Å². The van der Waals surface area contributed by atoms with E-state index >= 15 is 0 Å². The fourth-order valence-corrected chi connectivity index (χ4v) is 4.37. The third-order valence-electron chi connectivity index (χ3n) is 5.70. The second kappa shape index (κ2) is 8.11. The van der Waals surface area contributed by atoms with Crippen LogP contribution in [-0.4, -0.2) is 40.7 Å². The van der Waals surface area contributed by atoms with Crippen LogP contribution >= 0.6 is 0 Å². The van der Waals surface area contributed by atoms with Gasteiger partial charge in [-0.25, -0.2) is 0 Å². The standard InChI is InChI=1S/C22H25N3O4/c1-14-6-4-7-15(12-14)23-20(26)13-18-21(27)24-16-8-2-3-9-17(16)25(18)22(28)19-10-5-11-29-19/h4-7,10-12,16-18H,2-3,8-9,13H2,1H3,(H,23,26)(H,24,27). The first-order valence-electron chi connectivity index (χ1n) is 10.1. The predicted octanol–water partition coefficient (Wildman–Crippen LogP) is 2.87. The van der Waals surface area contributed by atoms with Crippen molar-refractivity contribution in [2.45, 2.75) is 57.2 Å². The number of carbonyl (C=O) groups is 3. The van der Waals surface area contributed by atoms with E-state index in [4.69, 9.17) is 4.42 Å². The molecule has 0 radical (unpaired) electrons. The largest absolute Gasteiger partial charge is 0.459 e. The summed E-state index contributed by atoms with van der Waals surface area (Å²) in [7, 11) is 0. The van der Waals surface area contributed by atoms with E-state index in [1.165, 1.54) is 6.26 Å². The first-order chi connectivity index (χ1) is 14.0. The summed E-state index contributed by atoms with van der Waals surface area (Å²) in [4.78, 5) is 40.3. The van der Waals surface area contributed by atoms with Gasteiger partial charge in [0.25, 0.3) is 5.91 Å². The Morgan fingerprint density at radius 2 is 2.03 bits per heavy atom. The summed E-state index contributed by atoms with van der Waals surface area (Å²) in [6.07, 6.45) is 4.97. The first-order valence-corrected chi connectivity index (χ1v) is 10.1. The molecule has 2 aliphatic rings. The Bertz CT molecular complexity index is 909. The highest BCUT2D eigenvalue weighted by Crippen LogP contribution is 2.31. The van der Waals surface area contributed by atoms with E-state index in [-0.39, 0.29) is 42.0 Å². The number of benzene rings is 1. The van der Waals surface area contributed by atoms with Gasteiger partial charge >= 0.3 is 0 Å². The Morgan fingerprint density at radius 3 is 2.79 bits per heavy atom. The molecule has 152 valence electrons. The molecule has 3 unspecified atom stereocenters. The van der Waals surface area contributed by atoms with Crippen molar-refractivity contribution in [1.29, 1.82) is 0 Å². The van der Waals surface area contributed by atoms with E-state index in [0.29, 0.717) is 5.69 Å². The highest BCUT2D eigenvalue weighted by atomic mass is 16.3. The average Bonchev–Trinajstić information content (AvgIpc) is 3.23. The summed E-state index contributed by atoms with van der Waals surface area (Å²) in [5, 5.41) is 5.87. The first kappa shape index (κ1) is 19.2. The topological polar surface area (TPSA) is 91.7 Å². The van der Waals surface area contributed by atoms with Crippen LogP contribution in [0.15, 0.2) is 47.1 Å². The zero-order valence-electron chi connectivity index (χ0n) is 16.4. The lowest BCUT2D eigenvalue weighted by molar-refractivity contribution is -0.135. The van der Waals surface area contributed by atoms with Gasteiger partial charge in [-0.1, -0.05) is 25.0 Å². The number of nitrogens with one attached hydrogen (secondary N) is 2. The van der Waals surface area contributed by atoms with Crippen molar-refractivity contribution in [3.63, 3.8) is 0 Å². The number of carbonyl (C=O) groups excluding carboxylic acids is 3. The number of anilines is 1. The Balaban J connectivity index is 1.57. The lowest BCUT2D eigenvalue weighted by Crippen LogP contribution is -2.68. The van der Waals surface area contributed by atoms with Crippen LogP contribution < -0.4 is 10.6 Å². The number of aryl methyl sites for hydroxylation is 1. The third-order valence-corrected chi connectivity index (χ3v) is 5.70. The van der Waals surface area contributed by atoms with Crippen LogP contribution in [0, 0.1) is 6.92 Å². The smallest absolute Gasteiger partial charge is 0.290 e. The number of fused-ring (bicyclic) bond motifs is 1. The average molecular weight is 395 g/mol. The number of amides is 3. The van der Waals surface area contributed by atoms with Crippen LogP contribution in [0.5, 0.6) is 0 Å². The number of hydrogen-bond acceptors (Lipinski definition) is 4. The van der Waals surface area contributed by atoms with Gasteiger partial charge in [-0.2, -0.15) is 0 Å². The van der Waals surface area contributed by atoms with Crippen LogP contribution in [-0.2, 0) is 9.59 Å². The van der Waals surface area contributed by atoms with E-state index in [1.54, 1.807) is 23.1 Å². The Kier molecular flexibility index (Phi) is 5.38. The molecule has 2 heterocycles. The molecule has 1 aromatic carbocycles. The normalized spacial score (nSPS) is 23.8. The number of nitrogens with zero attached hydrogens (tertiary/aromatic N) is 1. The van der Waals surface area contributed by atoms with E-state index in [2.05, 4.69) is 10.6 Å². The van der Waals surface area contributed by atoms with E-state index in [1.807, 2.05) is 25.1 Å². The Labute approximate surface area is 169 Å². The second-order valence-corrected chi connectivity index (χ2v) is 7.79. The molecule has 7 nitrogen and oxygen atoms in total. The zero-order chi connectivity index (χ0) is 20.4. The Hall–Kier alpha value is -3.09. The van der Waals surface area contributed by atoms with Crippen LogP contribution in [0.4, 0.5) is 5.69 Å². The van der Waals surface area contributed by atoms with Crippen molar-refractivity contribution in [3.05, 3.63) is 54.0 Å². The highest BCUT2D eigenvalue weighted by Gasteiger charge is 2.46. The minimum absolute atomic E-state index is 0.0775. The van der Waals surface area contributed by atoms with Crippen molar-refractivity contribution in [3.8, 4) is 0 Å². The van der Waals surface area contributed by atoms with Gasteiger partial charge in [0.2, 0.25) is 11.8 Å². The lowest BCUT2D eigenvalue weighted by atomic mass is 9.85. The lowest BCUT2D eigenvalue weighted by Gasteiger charge is -2.47. The molecule has 3 amide bonds. The molecule has 2 fully saturated rings. The van der Waals surface area contributed by atoms with Gasteiger partial charge in [-0.05, 0) is 49.6 Å².